The Bertz CT molecular complexity index is 387. The largest absolute Gasteiger partial charge is 0.310 e. The van der Waals surface area contributed by atoms with Crippen LogP contribution in [-0.4, -0.2) is 26.8 Å². The molecule has 0 aromatic carbocycles. The van der Waals surface area contributed by atoms with Crippen molar-refractivity contribution in [1.82, 2.24) is 25.5 Å². The molecule has 20 heavy (non-hydrogen) atoms. The van der Waals surface area contributed by atoms with E-state index in [4.69, 9.17) is 0 Å². The number of nitrogens with zero attached hydrogens (tertiary/aromatic N) is 4. The maximum atomic E-state index is 4.13. The van der Waals surface area contributed by atoms with E-state index in [-0.39, 0.29) is 0 Å². The highest BCUT2D eigenvalue weighted by Gasteiger charge is 2.19. The zero-order chi connectivity index (χ0) is 14.4. The molecule has 0 saturated heterocycles. The van der Waals surface area contributed by atoms with Crippen LogP contribution in [0.15, 0.2) is 0 Å². The summed E-state index contributed by atoms with van der Waals surface area (Å²) in [6, 6.07) is 0. The highest BCUT2D eigenvalue weighted by Crippen LogP contribution is 2.30. The van der Waals surface area contributed by atoms with Crippen LogP contribution in [0.4, 0.5) is 0 Å². The van der Waals surface area contributed by atoms with Crippen LogP contribution in [0.5, 0.6) is 0 Å². The van der Waals surface area contributed by atoms with E-state index in [1.54, 1.807) is 0 Å². The Balaban J connectivity index is 1.76. The van der Waals surface area contributed by atoms with Crippen LogP contribution in [0.1, 0.15) is 58.7 Å². The predicted octanol–water partition coefficient (Wildman–Crippen LogP) is 2.64. The SMILES string of the molecule is CC(C)CNCc1nnnn1CCC1CCCC(C)C1. The maximum Gasteiger partial charge on any atom is 0.165 e. The Morgan fingerprint density at radius 3 is 2.95 bits per heavy atom. The van der Waals surface area contributed by atoms with E-state index in [2.05, 4.69) is 41.6 Å². The summed E-state index contributed by atoms with van der Waals surface area (Å²) in [5.74, 6) is 3.38. The topological polar surface area (TPSA) is 55.6 Å². The van der Waals surface area contributed by atoms with E-state index in [0.717, 1.165) is 37.3 Å². The zero-order valence-corrected chi connectivity index (χ0v) is 13.2. The minimum atomic E-state index is 0.656. The molecule has 1 aromatic heterocycles. The van der Waals surface area contributed by atoms with Gasteiger partial charge in [-0.2, -0.15) is 0 Å². The van der Waals surface area contributed by atoms with Crippen LogP contribution < -0.4 is 5.32 Å². The van der Waals surface area contributed by atoms with Gasteiger partial charge in [0.05, 0.1) is 6.54 Å². The van der Waals surface area contributed by atoms with Gasteiger partial charge in [0.15, 0.2) is 5.82 Å². The van der Waals surface area contributed by atoms with Gasteiger partial charge in [0, 0.05) is 6.54 Å². The number of aryl methyl sites for hydroxylation is 1. The van der Waals surface area contributed by atoms with Gasteiger partial charge < -0.3 is 5.32 Å². The van der Waals surface area contributed by atoms with Gasteiger partial charge in [0.1, 0.15) is 0 Å². The van der Waals surface area contributed by atoms with E-state index in [1.807, 2.05) is 4.68 Å². The highest BCUT2D eigenvalue weighted by atomic mass is 15.5. The minimum Gasteiger partial charge on any atom is -0.310 e. The van der Waals surface area contributed by atoms with E-state index >= 15 is 0 Å². The van der Waals surface area contributed by atoms with Crippen molar-refractivity contribution in [1.29, 1.82) is 0 Å². The molecule has 0 radical (unpaired) electrons. The highest BCUT2D eigenvalue weighted by molar-refractivity contribution is 4.80. The molecule has 1 saturated carbocycles. The second kappa shape index (κ2) is 7.72. The standard InChI is InChI=1S/C15H29N5/c1-12(2)10-16-11-15-17-18-19-20(15)8-7-14-6-4-5-13(3)9-14/h12-14,16H,4-11H2,1-3H3. The predicted molar refractivity (Wildman–Crippen MR) is 80.1 cm³/mol. The summed E-state index contributed by atoms with van der Waals surface area (Å²) in [4.78, 5) is 0. The Morgan fingerprint density at radius 1 is 1.35 bits per heavy atom. The molecule has 5 nitrogen and oxygen atoms in total. The Hall–Kier alpha value is -0.970. The molecular formula is C15H29N5. The first-order chi connectivity index (χ1) is 9.65. The van der Waals surface area contributed by atoms with Gasteiger partial charge in [-0.3, -0.25) is 0 Å². The molecule has 1 aliphatic rings. The van der Waals surface area contributed by atoms with Gasteiger partial charge in [0.25, 0.3) is 0 Å². The van der Waals surface area contributed by atoms with Crippen molar-refractivity contribution in [2.24, 2.45) is 17.8 Å². The third-order valence-electron chi connectivity index (χ3n) is 4.24. The molecule has 114 valence electrons. The number of nitrogens with one attached hydrogen (secondary N) is 1. The van der Waals surface area contributed by atoms with Crippen LogP contribution in [0, 0.1) is 17.8 Å². The van der Waals surface area contributed by atoms with Crippen molar-refractivity contribution in [2.45, 2.75) is 66.0 Å². The van der Waals surface area contributed by atoms with Gasteiger partial charge in [-0.1, -0.05) is 40.0 Å². The van der Waals surface area contributed by atoms with Crippen molar-refractivity contribution < 1.29 is 0 Å². The first kappa shape index (κ1) is 15.4. The number of hydrogen-bond donors (Lipinski definition) is 1. The fourth-order valence-electron chi connectivity index (χ4n) is 3.12. The lowest BCUT2D eigenvalue weighted by Crippen LogP contribution is -2.22. The second-order valence-electron chi connectivity index (χ2n) is 6.77. The van der Waals surface area contributed by atoms with Crippen LogP contribution >= 0.6 is 0 Å². The summed E-state index contributed by atoms with van der Waals surface area (Å²) in [6.45, 7) is 9.53. The van der Waals surface area contributed by atoms with E-state index in [0.29, 0.717) is 5.92 Å². The average molecular weight is 279 g/mol. The normalized spacial score (nSPS) is 23.4. The van der Waals surface area contributed by atoms with E-state index < -0.39 is 0 Å². The Morgan fingerprint density at radius 2 is 2.20 bits per heavy atom. The molecule has 0 aliphatic heterocycles. The first-order valence-electron chi connectivity index (χ1n) is 8.11. The van der Waals surface area contributed by atoms with E-state index in [1.165, 1.54) is 32.1 Å². The second-order valence-corrected chi connectivity index (χ2v) is 6.77. The van der Waals surface area contributed by atoms with Crippen LogP contribution in [0.2, 0.25) is 0 Å². The third-order valence-corrected chi connectivity index (χ3v) is 4.24. The molecule has 1 aromatic rings. The molecule has 0 spiro atoms. The zero-order valence-electron chi connectivity index (χ0n) is 13.2. The van der Waals surface area contributed by atoms with E-state index in [9.17, 15) is 0 Å². The molecule has 1 fully saturated rings. The summed E-state index contributed by atoms with van der Waals surface area (Å²) in [5, 5.41) is 15.5. The fourth-order valence-corrected chi connectivity index (χ4v) is 3.12. The quantitative estimate of drug-likeness (QED) is 0.833. The van der Waals surface area contributed by atoms with Crippen LogP contribution in [0.25, 0.3) is 0 Å². The summed E-state index contributed by atoms with van der Waals surface area (Å²) >= 11 is 0. The minimum absolute atomic E-state index is 0.656. The molecule has 1 N–H and O–H groups in total. The maximum absolute atomic E-state index is 4.13. The summed E-state index contributed by atoms with van der Waals surface area (Å²) in [7, 11) is 0. The molecule has 2 rings (SSSR count). The third kappa shape index (κ3) is 4.85. The van der Waals surface area contributed by atoms with Gasteiger partial charge >= 0.3 is 0 Å². The average Bonchev–Trinajstić information content (AvgIpc) is 2.84. The summed E-state index contributed by atoms with van der Waals surface area (Å²) < 4.78 is 1.98. The monoisotopic (exact) mass is 279 g/mol. The molecule has 0 bridgehead atoms. The van der Waals surface area contributed by atoms with Crippen molar-refractivity contribution >= 4 is 0 Å². The number of tetrazole rings is 1. The summed E-state index contributed by atoms with van der Waals surface area (Å²) in [6.07, 6.45) is 6.78. The van der Waals surface area contributed by atoms with Gasteiger partial charge in [-0.25, -0.2) is 4.68 Å². The molecule has 2 unspecified atom stereocenters. The molecule has 1 heterocycles. The van der Waals surface area contributed by atoms with Crippen LogP contribution in [-0.2, 0) is 13.1 Å². The molecule has 5 heteroatoms. The van der Waals surface area contributed by atoms with Crippen molar-refractivity contribution in [3.05, 3.63) is 5.82 Å². The first-order valence-corrected chi connectivity index (χ1v) is 8.11. The van der Waals surface area contributed by atoms with Crippen molar-refractivity contribution in [3.8, 4) is 0 Å². The Labute approximate surface area is 122 Å². The fraction of sp³-hybridized carbons (Fsp3) is 0.933. The van der Waals surface area contributed by atoms with Crippen molar-refractivity contribution in [2.75, 3.05) is 6.54 Å². The van der Waals surface area contributed by atoms with Crippen molar-refractivity contribution in [3.63, 3.8) is 0 Å². The lowest BCUT2D eigenvalue weighted by Gasteiger charge is -2.26. The van der Waals surface area contributed by atoms with Crippen LogP contribution in [0.3, 0.4) is 0 Å². The molecule has 0 amide bonds. The molecular weight excluding hydrogens is 250 g/mol. The lowest BCUT2D eigenvalue weighted by molar-refractivity contribution is 0.256. The summed E-state index contributed by atoms with van der Waals surface area (Å²) in [5.41, 5.74) is 0. The van der Waals surface area contributed by atoms with Gasteiger partial charge in [-0.05, 0) is 47.6 Å². The number of hydrogen-bond acceptors (Lipinski definition) is 4. The Kier molecular flexibility index (Phi) is 5.95. The lowest BCUT2D eigenvalue weighted by atomic mass is 9.81. The number of rotatable bonds is 7. The molecule has 2 atom stereocenters. The van der Waals surface area contributed by atoms with Gasteiger partial charge in [0.2, 0.25) is 0 Å². The smallest absolute Gasteiger partial charge is 0.165 e. The van der Waals surface area contributed by atoms with Gasteiger partial charge in [-0.15, -0.1) is 5.10 Å². The number of aromatic nitrogens is 4. The molecule has 1 aliphatic carbocycles.